The van der Waals surface area contributed by atoms with Crippen LogP contribution >= 0.6 is 15.9 Å². The molecule has 162 valence electrons. The zero-order valence-corrected chi connectivity index (χ0v) is 19.5. The second kappa shape index (κ2) is 9.88. The average molecular weight is 491 g/mol. The van der Waals surface area contributed by atoms with Crippen molar-refractivity contribution in [3.05, 3.63) is 105 Å². The van der Waals surface area contributed by atoms with Gasteiger partial charge in [-0.2, -0.15) is 0 Å². The van der Waals surface area contributed by atoms with Gasteiger partial charge in [0.1, 0.15) is 12.4 Å². The summed E-state index contributed by atoms with van der Waals surface area (Å²) in [6.45, 7) is 4.89. The van der Waals surface area contributed by atoms with Crippen LogP contribution in [0, 0.1) is 6.92 Å². The highest BCUT2D eigenvalue weighted by atomic mass is 79.9. The van der Waals surface area contributed by atoms with Gasteiger partial charge in [-0.15, -0.1) is 0 Å². The van der Waals surface area contributed by atoms with Crippen LogP contribution in [0.5, 0.6) is 11.5 Å². The standard InChI is InChI=1S/C27H23BrO4/c1-3-30-26-15-20(8-13-24(26)31-17-19-6-11-23(28)12-7-19)14-22-16-25(32-27(22)29)21-9-4-18(2)5-10-21/h4-16H,3,17H2,1-2H3/b22-14-. The first-order valence-electron chi connectivity index (χ1n) is 10.4. The summed E-state index contributed by atoms with van der Waals surface area (Å²) in [5.41, 5.74) is 4.41. The maximum Gasteiger partial charge on any atom is 0.343 e. The van der Waals surface area contributed by atoms with E-state index in [1.54, 1.807) is 12.2 Å². The van der Waals surface area contributed by atoms with E-state index in [4.69, 9.17) is 14.2 Å². The first-order chi connectivity index (χ1) is 15.5. The minimum atomic E-state index is -0.367. The van der Waals surface area contributed by atoms with Crippen LogP contribution in [-0.2, 0) is 16.1 Å². The van der Waals surface area contributed by atoms with Gasteiger partial charge in [0.2, 0.25) is 0 Å². The van der Waals surface area contributed by atoms with Crippen molar-refractivity contribution in [2.75, 3.05) is 6.61 Å². The molecule has 1 aliphatic rings. The Morgan fingerprint density at radius 1 is 0.938 bits per heavy atom. The Labute approximate surface area is 196 Å². The second-order valence-electron chi connectivity index (χ2n) is 7.42. The molecule has 0 saturated heterocycles. The van der Waals surface area contributed by atoms with Crippen molar-refractivity contribution < 1.29 is 19.0 Å². The number of hydrogen-bond donors (Lipinski definition) is 0. The third-order valence-electron chi connectivity index (χ3n) is 4.96. The van der Waals surface area contributed by atoms with E-state index in [9.17, 15) is 4.79 Å². The normalized spacial score (nSPS) is 14.3. The molecule has 0 saturated carbocycles. The number of rotatable bonds is 7. The quantitative estimate of drug-likeness (QED) is 0.272. The monoisotopic (exact) mass is 490 g/mol. The molecule has 0 aliphatic carbocycles. The molecule has 3 aromatic carbocycles. The Bertz CT molecular complexity index is 1180. The number of halogens is 1. The number of hydrogen-bond acceptors (Lipinski definition) is 4. The van der Waals surface area contributed by atoms with E-state index in [1.165, 1.54) is 0 Å². The third-order valence-corrected chi connectivity index (χ3v) is 5.49. The van der Waals surface area contributed by atoms with Gasteiger partial charge in [0.25, 0.3) is 0 Å². The molecule has 5 heteroatoms. The fourth-order valence-corrected chi connectivity index (χ4v) is 3.54. The Hall–Kier alpha value is -3.31. The van der Waals surface area contributed by atoms with Gasteiger partial charge in [-0.3, -0.25) is 0 Å². The van der Waals surface area contributed by atoms with E-state index < -0.39 is 0 Å². The lowest BCUT2D eigenvalue weighted by Gasteiger charge is -2.13. The van der Waals surface area contributed by atoms with Crippen molar-refractivity contribution in [2.24, 2.45) is 0 Å². The average Bonchev–Trinajstić information content (AvgIpc) is 3.15. The lowest BCUT2D eigenvalue weighted by Crippen LogP contribution is -2.00. The van der Waals surface area contributed by atoms with Crippen molar-refractivity contribution in [2.45, 2.75) is 20.5 Å². The molecule has 0 bridgehead atoms. The molecular weight excluding hydrogens is 468 g/mol. The summed E-state index contributed by atoms with van der Waals surface area (Å²) in [6.07, 6.45) is 3.57. The number of esters is 1. The van der Waals surface area contributed by atoms with Crippen LogP contribution in [0.3, 0.4) is 0 Å². The van der Waals surface area contributed by atoms with Crippen LogP contribution in [0.15, 0.2) is 82.9 Å². The fourth-order valence-electron chi connectivity index (χ4n) is 3.27. The van der Waals surface area contributed by atoms with Crippen molar-refractivity contribution in [3.8, 4) is 11.5 Å². The Morgan fingerprint density at radius 2 is 1.69 bits per heavy atom. The highest BCUT2D eigenvalue weighted by Gasteiger charge is 2.22. The predicted molar refractivity (Wildman–Crippen MR) is 129 cm³/mol. The number of carbonyl (C=O) groups is 1. The van der Waals surface area contributed by atoms with Gasteiger partial charge in [-0.25, -0.2) is 4.79 Å². The van der Waals surface area contributed by atoms with E-state index in [0.717, 1.165) is 26.7 Å². The van der Waals surface area contributed by atoms with Gasteiger partial charge in [-0.05, 0) is 61.4 Å². The fraction of sp³-hybridized carbons (Fsp3) is 0.148. The molecule has 0 spiro atoms. The maximum atomic E-state index is 12.4. The molecule has 0 aromatic heterocycles. The Morgan fingerprint density at radius 3 is 2.41 bits per heavy atom. The van der Waals surface area contributed by atoms with Crippen molar-refractivity contribution in [1.82, 2.24) is 0 Å². The van der Waals surface area contributed by atoms with Gasteiger partial charge < -0.3 is 14.2 Å². The van der Waals surface area contributed by atoms with E-state index in [0.29, 0.717) is 36.0 Å². The summed E-state index contributed by atoms with van der Waals surface area (Å²) in [5, 5.41) is 0. The summed E-state index contributed by atoms with van der Waals surface area (Å²) < 4.78 is 18.3. The number of cyclic esters (lactones) is 1. The molecule has 4 rings (SSSR count). The van der Waals surface area contributed by atoms with E-state index in [1.807, 2.05) is 80.6 Å². The van der Waals surface area contributed by atoms with Crippen LogP contribution < -0.4 is 9.47 Å². The summed E-state index contributed by atoms with van der Waals surface area (Å²) in [4.78, 5) is 12.4. The van der Waals surface area contributed by atoms with E-state index in [2.05, 4.69) is 15.9 Å². The van der Waals surface area contributed by atoms with Crippen molar-refractivity contribution >= 4 is 33.7 Å². The van der Waals surface area contributed by atoms with Crippen LogP contribution in [0.4, 0.5) is 0 Å². The molecule has 0 atom stereocenters. The summed E-state index contributed by atoms with van der Waals surface area (Å²) >= 11 is 3.44. The molecule has 32 heavy (non-hydrogen) atoms. The molecule has 1 aliphatic heterocycles. The molecule has 0 fully saturated rings. The Kier molecular flexibility index (Phi) is 6.76. The molecule has 0 amide bonds. The van der Waals surface area contributed by atoms with Crippen LogP contribution in [0.2, 0.25) is 0 Å². The molecule has 1 heterocycles. The number of benzene rings is 3. The van der Waals surface area contributed by atoms with Crippen molar-refractivity contribution in [1.29, 1.82) is 0 Å². The second-order valence-corrected chi connectivity index (χ2v) is 8.33. The summed E-state index contributed by atoms with van der Waals surface area (Å²) in [7, 11) is 0. The SMILES string of the molecule is CCOc1cc(/C=C2/C=C(c3ccc(C)cc3)OC2=O)ccc1OCc1ccc(Br)cc1. The smallest absolute Gasteiger partial charge is 0.343 e. The number of aryl methyl sites for hydroxylation is 1. The van der Waals surface area contributed by atoms with Gasteiger partial charge >= 0.3 is 5.97 Å². The molecule has 3 aromatic rings. The van der Waals surface area contributed by atoms with Gasteiger partial charge in [0, 0.05) is 10.0 Å². The number of carbonyl (C=O) groups excluding carboxylic acids is 1. The minimum Gasteiger partial charge on any atom is -0.490 e. The highest BCUT2D eigenvalue weighted by molar-refractivity contribution is 9.10. The first kappa shape index (κ1) is 21.9. The maximum absolute atomic E-state index is 12.4. The number of ether oxygens (including phenoxy) is 3. The molecular formula is C27H23BrO4. The largest absolute Gasteiger partial charge is 0.490 e. The summed E-state index contributed by atoms with van der Waals surface area (Å²) in [6, 6.07) is 21.5. The van der Waals surface area contributed by atoms with Crippen LogP contribution in [-0.4, -0.2) is 12.6 Å². The first-order valence-corrected chi connectivity index (χ1v) is 11.2. The minimum absolute atomic E-state index is 0.367. The van der Waals surface area contributed by atoms with E-state index >= 15 is 0 Å². The third kappa shape index (κ3) is 5.29. The highest BCUT2D eigenvalue weighted by Crippen LogP contribution is 2.32. The molecule has 4 nitrogen and oxygen atoms in total. The van der Waals surface area contributed by atoms with E-state index in [-0.39, 0.29) is 5.97 Å². The van der Waals surface area contributed by atoms with Gasteiger partial charge in [-0.1, -0.05) is 64.0 Å². The van der Waals surface area contributed by atoms with Crippen LogP contribution in [0.25, 0.3) is 11.8 Å². The molecule has 0 N–H and O–H groups in total. The zero-order chi connectivity index (χ0) is 22.5. The van der Waals surface area contributed by atoms with Gasteiger partial charge in [0.05, 0.1) is 12.2 Å². The predicted octanol–water partition coefficient (Wildman–Crippen LogP) is 6.72. The lowest BCUT2D eigenvalue weighted by molar-refractivity contribution is -0.130. The Balaban J connectivity index is 1.54. The van der Waals surface area contributed by atoms with Gasteiger partial charge in [0.15, 0.2) is 11.5 Å². The summed E-state index contributed by atoms with van der Waals surface area (Å²) in [5.74, 6) is 1.48. The van der Waals surface area contributed by atoms with Crippen molar-refractivity contribution in [3.63, 3.8) is 0 Å². The topological polar surface area (TPSA) is 44.8 Å². The zero-order valence-electron chi connectivity index (χ0n) is 17.9. The lowest BCUT2D eigenvalue weighted by atomic mass is 10.1. The molecule has 0 radical (unpaired) electrons. The molecule has 0 unspecified atom stereocenters. The van der Waals surface area contributed by atoms with Crippen LogP contribution in [0.1, 0.15) is 29.2 Å².